The van der Waals surface area contributed by atoms with Crippen molar-refractivity contribution in [1.82, 2.24) is 24.6 Å². The van der Waals surface area contributed by atoms with E-state index in [4.69, 9.17) is 6.57 Å². The molecule has 2 aliphatic heterocycles. The van der Waals surface area contributed by atoms with E-state index < -0.39 is 21.9 Å². The second-order valence-electron chi connectivity index (χ2n) is 9.21. The van der Waals surface area contributed by atoms with Crippen LogP contribution in [0.15, 0.2) is 29.4 Å². The number of hydrogen-bond acceptors (Lipinski definition) is 6. The summed E-state index contributed by atoms with van der Waals surface area (Å²) >= 11 is 0. The number of piperidine rings is 1. The molecule has 3 fully saturated rings. The number of halogens is 1. The van der Waals surface area contributed by atoms with Gasteiger partial charge in [0.1, 0.15) is 24.0 Å². The predicted molar refractivity (Wildman–Crippen MR) is 122 cm³/mol. The fraction of sp³-hybridized carbons (Fsp3) is 0.500. The van der Waals surface area contributed by atoms with Crippen LogP contribution in [0.2, 0.25) is 0 Å². The quantitative estimate of drug-likeness (QED) is 0.557. The van der Waals surface area contributed by atoms with E-state index in [1.165, 1.54) is 12.4 Å². The van der Waals surface area contributed by atoms with Crippen LogP contribution in [-0.4, -0.2) is 72.3 Å². The monoisotopic (exact) mass is 469 g/mol. The highest BCUT2D eigenvalue weighted by Crippen LogP contribution is 2.39. The maximum absolute atomic E-state index is 15.0. The average Bonchev–Trinajstić information content (AvgIpc) is 3.42. The molecule has 0 radical (unpaired) electrons. The summed E-state index contributed by atoms with van der Waals surface area (Å²) in [7, 11) is -3.83. The number of rotatable bonds is 5. The minimum Gasteiger partial charge on any atom is -0.353 e. The average molecular weight is 470 g/mol. The van der Waals surface area contributed by atoms with E-state index in [-0.39, 0.29) is 17.5 Å². The molecule has 11 heteroatoms. The maximum atomic E-state index is 15.0. The zero-order valence-electron chi connectivity index (χ0n) is 18.0. The van der Waals surface area contributed by atoms with Gasteiger partial charge in [0.15, 0.2) is 0 Å². The van der Waals surface area contributed by atoms with Crippen molar-refractivity contribution in [3.05, 3.63) is 35.9 Å². The van der Waals surface area contributed by atoms with E-state index in [9.17, 15) is 8.42 Å². The van der Waals surface area contributed by atoms with Crippen LogP contribution >= 0.6 is 0 Å². The smallest absolute Gasteiger partial charge is 0.299 e. The SMILES string of the molecule is [C-]#[N+]C1(NS(=O)(=O)c2ccc3c(c2)[nH]c2ncnc(N4CCC(N5CCC5)[C@@H](F)C4)c23)CC1. The molecule has 1 unspecified atom stereocenters. The summed E-state index contributed by atoms with van der Waals surface area (Å²) in [5, 5.41) is 1.55. The zero-order valence-corrected chi connectivity index (χ0v) is 18.8. The van der Waals surface area contributed by atoms with Crippen molar-refractivity contribution in [2.75, 3.05) is 31.1 Å². The van der Waals surface area contributed by atoms with E-state index in [0.717, 1.165) is 36.7 Å². The summed E-state index contributed by atoms with van der Waals surface area (Å²) in [5.41, 5.74) is 0.185. The Bertz CT molecular complexity index is 1390. The van der Waals surface area contributed by atoms with E-state index in [0.29, 0.717) is 36.4 Å². The van der Waals surface area contributed by atoms with Crippen LogP contribution in [0, 0.1) is 6.57 Å². The molecule has 0 bridgehead atoms. The van der Waals surface area contributed by atoms with Crippen LogP contribution in [0.3, 0.4) is 0 Å². The first-order valence-electron chi connectivity index (χ1n) is 11.2. The van der Waals surface area contributed by atoms with Gasteiger partial charge in [0, 0.05) is 23.5 Å². The first-order chi connectivity index (χ1) is 15.9. The normalized spacial score (nSPS) is 25.2. The number of anilines is 1. The number of benzene rings is 1. The third-order valence-electron chi connectivity index (χ3n) is 7.08. The number of sulfonamides is 1. The molecular formula is C22H24FN7O2S. The number of aromatic amines is 1. The van der Waals surface area contributed by atoms with Gasteiger partial charge < -0.3 is 9.88 Å². The minimum absolute atomic E-state index is 0.0271. The Kier molecular flexibility index (Phi) is 4.62. The van der Waals surface area contributed by atoms with E-state index in [2.05, 4.69) is 29.4 Å². The molecule has 3 aliphatic rings. The van der Waals surface area contributed by atoms with Crippen LogP contribution in [0.5, 0.6) is 0 Å². The molecule has 1 saturated carbocycles. The van der Waals surface area contributed by atoms with Crippen molar-refractivity contribution in [2.45, 2.75) is 48.5 Å². The van der Waals surface area contributed by atoms with Crippen molar-refractivity contribution >= 4 is 37.8 Å². The molecule has 1 aliphatic carbocycles. The Balaban J connectivity index is 1.34. The van der Waals surface area contributed by atoms with Gasteiger partial charge in [-0.2, -0.15) is 0 Å². The molecule has 2 N–H and O–H groups in total. The summed E-state index contributed by atoms with van der Waals surface area (Å²) in [6.07, 6.45) is 3.43. The predicted octanol–water partition coefficient (Wildman–Crippen LogP) is 2.42. The first-order valence-corrected chi connectivity index (χ1v) is 12.7. The Morgan fingerprint density at radius 1 is 1.24 bits per heavy atom. The maximum Gasteiger partial charge on any atom is 0.299 e. The van der Waals surface area contributed by atoms with Crippen LogP contribution < -0.4 is 9.62 Å². The molecule has 0 amide bonds. The van der Waals surface area contributed by atoms with Gasteiger partial charge in [-0.05, 0) is 38.1 Å². The van der Waals surface area contributed by atoms with E-state index in [1.54, 1.807) is 12.1 Å². The van der Waals surface area contributed by atoms with Crippen LogP contribution in [-0.2, 0) is 10.0 Å². The molecule has 172 valence electrons. The van der Waals surface area contributed by atoms with Crippen LogP contribution in [0.25, 0.3) is 26.8 Å². The summed E-state index contributed by atoms with van der Waals surface area (Å²) in [4.78, 5) is 19.7. The molecule has 2 aromatic heterocycles. The lowest BCUT2D eigenvalue weighted by molar-refractivity contribution is 0.0464. The van der Waals surface area contributed by atoms with E-state index in [1.807, 2.05) is 4.90 Å². The Labute approximate surface area is 190 Å². The van der Waals surface area contributed by atoms with Gasteiger partial charge in [-0.25, -0.2) is 29.3 Å². The van der Waals surface area contributed by atoms with Gasteiger partial charge in [0.25, 0.3) is 5.66 Å². The Morgan fingerprint density at radius 3 is 2.73 bits per heavy atom. The lowest BCUT2D eigenvalue weighted by Crippen LogP contribution is -2.56. The molecule has 2 atom stereocenters. The third kappa shape index (κ3) is 3.44. The minimum atomic E-state index is -3.83. The standard InChI is InChI=1S/C22H24FN7O2S/c1-24-22(6-7-22)28-33(31,32)14-3-4-15-17(11-14)27-20-19(15)21(26-13-25-20)30-10-5-18(16(23)12-30)29-8-2-9-29/h3-4,11,13,16,18,28H,2,5-10,12H2,(H,25,26,27)/t16-,18?/m0/s1. The summed E-state index contributed by atoms with van der Waals surface area (Å²) in [5.74, 6) is 0.662. The van der Waals surface area contributed by atoms with E-state index >= 15 is 4.39 Å². The number of fused-ring (bicyclic) bond motifs is 3. The number of alkyl halides is 1. The number of nitrogens with zero attached hydrogens (tertiary/aromatic N) is 5. The number of nitrogens with one attached hydrogen (secondary N) is 2. The highest BCUT2D eigenvalue weighted by atomic mass is 32.2. The Morgan fingerprint density at radius 2 is 2.06 bits per heavy atom. The number of hydrogen-bond donors (Lipinski definition) is 2. The summed E-state index contributed by atoms with van der Waals surface area (Å²) < 4.78 is 43.2. The van der Waals surface area contributed by atoms with Crippen LogP contribution in [0.1, 0.15) is 25.7 Å². The van der Waals surface area contributed by atoms with Crippen molar-refractivity contribution in [3.63, 3.8) is 0 Å². The van der Waals surface area contributed by atoms with Crippen LogP contribution in [0.4, 0.5) is 10.2 Å². The topological polar surface area (TPSA) is 98.6 Å². The summed E-state index contributed by atoms with van der Waals surface area (Å²) in [6, 6.07) is 4.79. The van der Waals surface area contributed by atoms with Gasteiger partial charge in [0.2, 0.25) is 10.0 Å². The zero-order chi connectivity index (χ0) is 22.8. The molecular weight excluding hydrogens is 445 g/mol. The van der Waals surface area contributed by atoms with Gasteiger partial charge in [-0.1, -0.05) is 6.07 Å². The van der Waals surface area contributed by atoms with Gasteiger partial charge in [-0.15, -0.1) is 4.72 Å². The number of likely N-dealkylation sites (tertiary alicyclic amines) is 1. The molecule has 6 rings (SSSR count). The third-order valence-corrected chi connectivity index (χ3v) is 8.60. The molecule has 1 aromatic carbocycles. The Hall–Kier alpha value is -2.81. The molecule has 2 saturated heterocycles. The van der Waals surface area contributed by atoms with Crippen molar-refractivity contribution < 1.29 is 12.8 Å². The van der Waals surface area contributed by atoms with Gasteiger partial charge in [0.05, 0.1) is 29.7 Å². The molecule has 0 spiro atoms. The van der Waals surface area contributed by atoms with Gasteiger partial charge >= 0.3 is 0 Å². The number of aromatic nitrogens is 3. The molecule has 3 aromatic rings. The fourth-order valence-corrected chi connectivity index (χ4v) is 6.32. The second-order valence-corrected chi connectivity index (χ2v) is 10.9. The molecule has 33 heavy (non-hydrogen) atoms. The molecule has 9 nitrogen and oxygen atoms in total. The lowest BCUT2D eigenvalue weighted by atomic mass is 9.98. The lowest BCUT2D eigenvalue weighted by Gasteiger charge is -2.45. The van der Waals surface area contributed by atoms with Gasteiger partial charge in [-0.3, -0.25) is 9.74 Å². The fourth-order valence-electron chi connectivity index (χ4n) is 4.93. The summed E-state index contributed by atoms with van der Waals surface area (Å²) in [6.45, 7) is 10.2. The first kappa shape index (κ1) is 20.8. The largest absolute Gasteiger partial charge is 0.353 e. The van der Waals surface area contributed by atoms with Crippen molar-refractivity contribution in [2.24, 2.45) is 0 Å². The highest BCUT2D eigenvalue weighted by molar-refractivity contribution is 7.89. The van der Waals surface area contributed by atoms with Crippen molar-refractivity contribution in [3.8, 4) is 0 Å². The second kappa shape index (κ2) is 7.35. The molecule has 4 heterocycles. The highest BCUT2D eigenvalue weighted by Gasteiger charge is 2.54. The number of H-pyrrole nitrogens is 1. The van der Waals surface area contributed by atoms with Crippen molar-refractivity contribution in [1.29, 1.82) is 0 Å².